The first-order valence-corrected chi connectivity index (χ1v) is 17.0. The van der Waals surface area contributed by atoms with E-state index in [2.05, 4.69) is 45.6 Å². The van der Waals surface area contributed by atoms with Crippen molar-refractivity contribution in [3.8, 4) is 6.01 Å². The lowest BCUT2D eigenvalue weighted by Gasteiger charge is -2.24. The first kappa shape index (κ1) is 42.6. The quantitative estimate of drug-likeness (QED) is 0.0354. The van der Waals surface area contributed by atoms with Crippen LogP contribution in [-0.2, 0) is 19.9 Å². The first-order chi connectivity index (χ1) is 26.3. The SMILES string of the molecule is NC(=O)CC(C=NC(=O)C(CCCCN=C(N)N)NC(=O)c1ccc(Nc2nc(NC3(c4ccc(Cl)cc4)CC3)nc(OC(O)(O)C(F)(F)F)n2)cc1)C(N)=O. The molecule has 13 N–H and O–H groups in total. The number of halogens is 4. The minimum absolute atomic E-state index is 0.0535. The van der Waals surface area contributed by atoms with Crippen LogP contribution in [0.4, 0.5) is 30.8 Å². The van der Waals surface area contributed by atoms with Gasteiger partial charge in [0.05, 0.1) is 11.5 Å². The third-order valence-electron chi connectivity index (χ3n) is 8.09. The van der Waals surface area contributed by atoms with Crippen molar-refractivity contribution in [1.29, 1.82) is 0 Å². The molecule has 1 aliphatic rings. The molecular weight excluding hydrogens is 769 g/mol. The zero-order valence-electron chi connectivity index (χ0n) is 29.3. The van der Waals surface area contributed by atoms with Crippen molar-refractivity contribution >= 4 is 65.0 Å². The second-order valence-corrected chi connectivity index (χ2v) is 13.0. The van der Waals surface area contributed by atoms with Gasteiger partial charge in [0.1, 0.15) is 6.04 Å². The molecule has 1 aliphatic carbocycles. The van der Waals surface area contributed by atoms with Gasteiger partial charge in [-0.25, -0.2) is 4.99 Å². The monoisotopic (exact) mass is 806 g/mol. The maximum atomic E-state index is 13.2. The van der Waals surface area contributed by atoms with E-state index in [9.17, 15) is 42.6 Å². The highest BCUT2D eigenvalue weighted by Crippen LogP contribution is 2.48. The summed E-state index contributed by atoms with van der Waals surface area (Å²) in [6, 6.07) is 9.96. The van der Waals surface area contributed by atoms with Gasteiger partial charge in [0.15, 0.2) is 5.96 Å². The molecule has 23 heteroatoms. The number of amides is 4. The van der Waals surface area contributed by atoms with Crippen molar-refractivity contribution in [2.45, 2.75) is 62.3 Å². The Labute approximate surface area is 321 Å². The fourth-order valence-electron chi connectivity index (χ4n) is 4.99. The number of primary amides is 2. The van der Waals surface area contributed by atoms with E-state index >= 15 is 0 Å². The van der Waals surface area contributed by atoms with Gasteiger partial charge in [-0.2, -0.15) is 28.1 Å². The number of hydrogen-bond acceptors (Lipinski definition) is 13. The number of carbonyl (C=O) groups excluding carboxylic acids is 4. The lowest BCUT2D eigenvalue weighted by Crippen LogP contribution is -2.50. The Morgan fingerprint density at radius 1 is 0.946 bits per heavy atom. The van der Waals surface area contributed by atoms with Gasteiger partial charge in [0.25, 0.3) is 11.8 Å². The molecule has 1 aromatic heterocycles. The fraction of sp³-hybridized carbons (Fsp3) is 0.364. The van der Waals surface area contributed by atoms with E-state index in [0.29, 0.717) is 30.7 Å². The third-order valence-corrected chi connectivity index (χ3v) is 8.34. The number of aliphatic imine (C=N–C) groups is 2. The standard InChI is InChI=1S/C33H38ClF3N12O7/c34-20-8-6-19(7-9-20)31(12-13-31)49-29-46-28(47-30(48-29)56-33(54,55)32(35,36)37)44-21-10-4-17(5-11-21)25(52)45-22(3-1-2-14-42-27(40)41)26(53)43-16-18(24(39)51)15-23(38)50/h4-11,16,18,22,54-55H,1-3,12-15H2,(H2,38,50)(H2,39,51)(H,45,52)(H4,40,41,42)(H2,44,46,47,48,49). The Morgan fingerprint density at radius 3 is 2.16 bits per heavy atom. The average molecular weight is 807 g/mol. The van der Waals surface area contributed by atoms with Crippen molar-refractivity contribution in [3.63, 3.8) is 0 Å². The topological polar surface area (TPSA) is 322 Å². The first-order valence-electron chi connectivity index (χ1n) is 16.7. The lowest BCUT2D eigenvalue weighted by molar-refractivity contribution is -0.430. The number of nitrogens with zero attached hydrogens (tertiary/aromatic N) is 5. The summed E-state index contributed by atoms with van der Waals surface area (Å²) in [5, 5.41) is 27.9. The number of nitrogens with two attached hydrogens (primary N) is 4. The molecule has 0 spiro atoms. The van der Waals surface area contributed by atoms with Crippen LogP contribution in [0.2, 0.25) is 5.02 Å². The molecule has 19 nitrogen and oxygen atoms in total. The Bertz CT molecular complexity index is 1960. The Kier molecular flexibility index (Phi) is 13.7. The van der Waals surface area contributed by atoms with E-state index in [0.717, 1.165) is 11.8 Å². The number of benzene rings is 2. The summed E-state index contributed by atoms with van der Waals surface area (Å²) < 4.78 is 44.1. The molecule has 1 fully saturated rings. The summed E-state index contributed by atoms with van der Waals surface area (Å²) in [6.07, 6.45) is -3.18. The van der Waals surface area contributed by atoms with E-state index in [1.54, 1.807) is 24.3 Å². The third kappa shape index (κ3) is 12.2. The summed E-state index contributed by atoms with van der Waals surface area (Å²) in [6.45, 7) is 0.246. The molecule has 0 radical (unpaired) electrons. The van der Waals surface area contributed by atoms with Crippen molar-refractivity contribution in [1.82, 2.24) is 20.3 Å². The fourth-order valence-corrected chi connectivity index (χ4v) is 5.12. The molecule has 0 bridgehead atoms. The number of hydrogen-bond donors (Lipinski definition) is 9. The number of rotatable bonds is 19. The second kappa shape index (κ2) is 18.0. The molecular formula is C33H38ClF3N12O7. The minimum Gasteiger partial charge on any atom is -0.398 e. The van der Waals surface area contributed by atoms with Gasteiger partial charge in [0, 0.05) is 35.5 Å². The van der Waals surface area contributed by atoms with E-state index < -0.39 is 65.7 Å². The Hall–Kier alpha value is -6.13. The zero-order valence-corrected chi connectivity index (χ0v) is 30.0. The highest BCUT2D eigenvalue weighted by Gasteiger charge is 2.57. The van der Waals surface area contributed by atoms with Crippen LogP contribution < -0.4 is 43.6 Å². The summed E-state index contributed by atoms with van der Waals surface area (Å²) in [5.41, 5.74) is 21.4. The van der Waals surface area contributed by atoms with Gasteiger partial charge >= 0.3 is 18.2 Å². The van der Waals surface area contributed by atoms with Crippen LogP contribution in [0.15, 0.2) is 58.5 Å². The lowest BCUT2D eigenvalue weighted by atomic mass is 10.1. The molecule has 2 unspecified atom stereocenters. The van der Waals surface area contributed by atoms with Crippen LogP contribution in [0.5, 0.6) is 6.01 Å². The number of aromatic nitrogens is 3. The number of anilines is 3. The number of ether oxygens (including phenoxy) is 1. The smallest absolute Gasteiger partial charge is 0.398 e. The van der Waals surface area contributed by atoms with Gasteiger partial charge in [0.2, 0.25) is 23.7 Å². The van der Waals surface area contributed by atoms with E-state index in [1.165, 1.54) is 24.3 Å². The van der Waals surface area contributed by atoms with Crippen molar-refractivity contribution < 1.29 is 47.3 Å². The average Bonchev–Trinajstić information content (AvgIpc) is 3.88. The molecule has 1 saturated carbocycles. The molecule has 0 aliphatic heterocycles. The van der Waals surface area contributed by atoms with E-state index in [-0.39, 0.29) is 42.1 Å². The van der Waals surface area contributed by atoms with Crippen LogP contribution in [0.3, 0.4) is 0 Å². The van der Waals surface area contributed by atoms with Gasteiger partial charge in [-0.05, 0) is 74.1 Å². The second-order valence-electron chi connectivity index (χ2n) is 12.5. The Balaban J connectivity index is 1.53. The predicted molar refractivity (Wildman–Crippen MR) is 195 cm³/mol. The number of nitrogens with one attached hydrogen (secondary N) is 3. The molecule has 2 aromatic carbocycles. The highest BCUT2D eigenvalue weighted by atomic mass is 35.5. The van der Waals surface area contributed by atoms with Gasteiger partial charge in [-0.15, -0.1) is 0 Å². The van der Waals surface area contributed by atoms with Crippen LogP contribution in [0.25, 0.3) is 0 Å². The van der Waals surface area contributed by atoms with Crippen LogP contribution >= 0.6 is 11.6 Å². The maximum absolute atomic E-state index is 13.2. The summed E-state index contributed by atoms with van der Waals surface area (Å²) in [4.78, 5) is 68.6. The number of aliphatic hydroxyl groups is 2. The molecule has 4 rings (SSSR count). The molecule has 4 amide bonds. The Morgan fingerprint density at radius 2 is 1.59 bits per heavy atom. The highest BCUT2D eigenvalue weighted by molar-refractivity contribution is 6.30. The van der Waals surface area contributed by atoms with Crippen LogP contribution in [0, 0.1) is 5.92 Å². The van der Waals surface area contributed by atoms with E-state index in [4.69, 9.17) is 34.5 Å². The molecule has 56 heavy (non-hydrogen) atoms. The number of guanidine groups is 1. The molecule has 3 aromatic rings. The van der Waals surface area contributed by atoms with Crippen molar-refractivity contribution in [2.24, 2.45) is 38.8 Å². The van der Waals surface area contributed by atoms with Gasteiger partial charge < -0.3 is 53.8 Å². The molecule has 2 atom stereocenters. The number of unbranched alkanes of at least 4 members (excludes halogenated alkanes) is 1. The van der Waals surface area contributed by atoms with Gasteiger partial charge in [-0.3, -0.25) is 24.2 Å². The molecule has 0 saturated heterocycles. The zero-order chi connectivity index (χ0) is 41.3. The van der Waals surface area contributed by atoms with Crippen LogP contribution in [0.1, 0.15) is 54.4 Å². The number of alkyl halides is 3. The van der Waals surface area contributed by atoms with Crippen molar-refractivity contribution in [2.75, 3.05) is 17.2 Å². The predicted octanol–water partition coefficient (Wildman–Crippen LogP) is 1.07. The largest absolute Gasteiger partial charge is 0.486 e. The summed E-state index contributed by atoms with van der Waals surface area (Å²) in [5.74, 6) is -10.0. The van der Waals surface area contributed by atoms with Crippen molar-refractivity contribution in [3.05, 3.63) is 64.7 Å². The summed E-state index contributed by atoms with van der Waals surface area (Å²) >= 11 is 6.01. The van der Waals surface area contributed by atoms with Gasteiger partial charge in [-0.1, -0.05) is 23.7 Å². The maximum Gasteiger partial charge on any atom is 0.486 e. The normalized spacial score (nSPS) is 14.6. The molecule has 300 valence electrons. The number of carbonyl (C=O) groups is 4. The van der Waals surface area contributed by atoms with E-state index in [1.807, 2.05) is 0 Å². The van der Waals surface area contributed by atoms with Crippen LogP contribution in [-0.4, -0.2) is 85.7 Å². The molecule has 1 heterocycles. The summed E-state index contributed by atoms with van der Waals surface area (Å²) in [7, 11) is 0. The minimum atomic E-state index is -5.64.